The number of pyridine rings is 1. The molecule has 1 aromatic heterocycles. The normalized spacial score (nSPS) is 10.4. The zero-order valence-corrected chi connectivity index (χ0v) is 16.8. The van der Waals surface area contributed by atoms with Gasteiger partial charge in [-0.1, -0.05) is 29.3 Å². The van der Waals surface area contributed by atoms with Gasteiger partial charge in [-0.25, -0.2) is 4.98 Å². The summed E-state index contributed by atoms with van der Waals surface area (Å²) in [5, 5.41) is 5.95. The standard InChI is InChI=1S/C19H22Cl2N4O2/c1-3-25(4-2)17-8-5-13(10-22-17)11-23-18(26)12-24-19(27)14-6-7-15(20)16(21)9-14/h5-10H,3-4,11-12H2,1-2H3,(H,23,26)(H,24,27). The summed E-state index contributed by atoms with van der Waals surface area (Å²) < 4.78 is 0. The van der Waals surface area contributed by atoms with Gasteiger partial charge in [0.15, 0.2) is 0 Å². The van der Waals surface area contributed by atoms with Crippen LogP contribution in [0, 0.1) is 0 Å². The highest BCUT2D eigenvalue weighted by atomic mass is 35.5. The molecule has 0 aliphatic carbocycles. The van der Waals surface area contributed by atoms with Crippen molar-refractivity contribution in [2.45, 2.75) is 20.4 Å². The van der Waals surface area contributed by atoms with Crippen LogP contribution in [-0.2, 0) is 11.3 Å². The monoisotopic (exact) mass is 408 g/mol. The third-order valence-corrected chi connectivity index (χ3v) is 4.72. The molecule has 2 aromatic rings. The second-order valence-electron chi connectivity index (χ2n) is 5.79. The van der Waals surface area contributed by atoms with Gasteiger partial charge in [-0.15, -0.1) is 0 Å². The van der Waals surface area contributed by atoms with Crippen LogP contribution in [0.5, 0.6) is 0 Å². The van der Waals surface area contributed by atoms with Gasteiger partial charge in [0.25, 0.3) is 5.91 Å². The van der Waals surface area contributed by atoms with Gasteiger partial charge >= 0.3 is 0 Å². The van der Waals surface area contributed by atoms with Crippen LogP contribution in [0.2, 0.25) is 10.0 Å². The fraction of sp³-hybridized carbons (Fsp3) is 0.316. The van der Waals surface area contributed by atoms with E-state index in [-0.39, 0.29) is 17.5 Å². The lowest BCUT2D eigenvalue weighted by atomic mass is 10.2. The first-order chi connectivity index (χ1) is 12.9. The summed E-state index contributed by atoms with van der Waals surface area (Å²) in [7, 11) is 0. The summed E-state index contributed by atoms with van der Waals surface area (Å²) >= 11 is 11.7. The predicted octanol–water partition coefficient (Wildman–Crippen LogP) is 3.28. The van der Waals surface area contributed by atoms with Gasteiger partial charge in [-0.2, -0.15) is 0 Å². The first-order valence-electron chi connectivity index (χ1n) is 8.64. The number of amides is 2. The lowest BCUT2D eigenvalue weighted by Gasteiger charge is -2.19. The Morgan fingerprint density at radius 1 is 1.04 bits per heavy atom. The van der Waals surface area contributed by atoms with E-state index in [0.29, 0.717) is 17.1 Å². The Kier molecular flexibility index (Phi) is 7.88. The molecule has 2 rings (SSSR count). The van der Waals surface area contributed by atoms with E-state index in [0.717, 1.165) is 24.5 Å². The van der Waals surface area contributed by atoms with Gasteiger partial charge < -0.3 is 15.5 Å². The summed E-state index contributed by atoms with van der Waals surface area (Å²) in [4.78, 5) is 30.5. The van der Waals surface area contributed by atoms with Crippen molar-refractivity contribution in [1.29, 1.82) is 0 Å². The van der Waals surface area contributed by atoms with Gasteiger partial charge in [0.2, 0.25) is 5.91 Å². The smallest absolute Gasteiger partial charge is 0.251 e. The van der Waals surface area contributed by atoms with E-state index >= 15 is 0 Å². The molecule has 2 N–H and O–H groups in total. The summed E-state index contributed by atoms with van der Waals surface area (Å²) in [5.41, 5.74) is 1.23. The van der Waals surface area contributed by atoms with E-state index < -0.39 is 5.91 Å². The first kappa shape index (κ1) is 21.0. The number of rotatable bonds is 8. The number of aromatic nitrogens is 1. The Balaban J connectivity index is 1.80. The van der Waals surface area contributed by atoms with Gasteiger partial charge in [0.05, 0.1) is 16.6 Å². The van der Waals surface area contributed by atoms with Gasteiger partial charge in [-0.05, 0) is 43.7 Å². The van der Waals surface area contributed by atoms with Crippen LogP contribution in [0.4, 0.5) is 5.82 Å². The molecular weight excluding hydrogens is 387 g/mol. The highest BCUT2D eigenvalue weighted by Crippen LogP contribution is 2.22. The summed E-state index contributed by atoms with van der Waals surface area (Å²) in [5.74, 6) is 0.217. The van der Waals surface area contributed by atoms with Crippen LogP contribution in [0.25, 0.3) is 0 Å². The molecule has 0 radical (unpaired) electrons. The van der Waals surface area contributed by atoms with Gasteiger partial charge in [0.1, 0.15) is 5.82 Å². The SMILES string of the molecule is CCN(CC)c1ccc(CNC(=O)CNC(=O)c2ccc(Cl)c(Cl)c2)cn1. The number of nitrogens with zero attached hydrogens (tertiary/aromatic N) is 2. The van der Waals surface area contributed by atoms with Crippen molar-refractivity contribution in [3.8, 4) is 0 Å². The number of hydrogen-bond acceptors (Lipinski definition) is 4. The Morgan fingerprint density at radius 2 is 1.78 bits per heavy atom. The van der Waals surface area contributed by atoms with Crippen molar-refractivity contribution >= 4 is 40.8 Å². The molecule has 2 amide bonds. The lowest BCUT2D eigenvalue weighted by molar-refractivity contribution is -0.120. The van der Waals surface area contributed by atoms with Crippen LogP contribution in [-0.4, -0.2) is 36.4 Å². The first-order valence-corrected chi connectivity index (χ1v) is 9.40. The zero-order valence-electron chi connectivity index (χ0n) is 15.3. The van der Waals surface area contributed by atoms with Crippen LogP contribution < -0.4 is 15.5 Å². The third kappa shape index (κ3) is 6.12. The molecule has 0 aliphatic heterocycles. The Morgan fingerprint density at radius 3 is 2.37 bits per heavy atom. The maximum Gasteiger partial charge on any atom is 0.251 e. The highest BCUT2D eigenvalue weighted by molar-refractivity contribution is 6.42. The van der Waals surface area contributed by atoms with E-state index in [9.17, 15) is 9.59 Å². The van der Waals surface area contributed by atoms with Crippen molar-refractivity contribution in [2.24, 2.45) is 0 Å². The quantitative estimate of drug-likeness (QED) is 0.702. The molecule has 27 heavy (non-hydrogen) atoms. The van der Waals surface area contributed by atoms with E-state index in [1.165, 1.54) is 12.1 Å². The maximum absolute atomic E-state index is 12.0. The number of hydrogen-bond donors (Lipinski definition) is 2. The summed E-state index contributed by atoms with van der Waals surface area (Å²) in [6, 6.07) is 8.40. The lowest BCUT2D eigenvalue weighted by Crippen LogP contribution is -2.36. The number of carbonyl (C=O) groups is 2. The summed E-state index contributed by atoms with van der Waals surface area (Å²) in [6.45, 7) is 6.13. The predicted molar refractivity (Wildman–Crippen MR) is 108 cm³/mol. The van der Waals surface area contributed by atoms with E-state index in [2.05, 4.69) is 34.4 Å². The number of nitrogens with one attached hydrogen (secondary N) is 2. The molecule has 1 aromatic carbocycles. The van der Waals surface area contributed by atoms with Crippen LogP contribution in [0.3, 0.4) is 0 Å². The Hall–Kier alpha value is -2.31. The molecule has 0 fully saturated rings. The Bertz CT molecular complexity index is 793. The second-order valence-corrected chi connectivity index (χ2v) is 6.60. The number of carbonyl (C=O) groups excluding carboxylic acids is 2. The average molecular weight is 409 g/mol. The third-order valence-electron chi connectivity index (χ3n) is 3.98. The molecule has 0 atom stereocenters. The number of halogens is 2. The van der Waals surface area contributed by atoms with Gasteiger partial charge in [0, 0.05) is 31.4 Å². The molecular formula is C19H22Cl2N4O2. The minimum atomic E-state index is -0.394. The fourth-order valence-corrected chi connectivity index (χ4v) is 2.72. The number of benzene rings is 1. The second kappa shape index (κ2) is 10.1. The largest absolute Gasteiger partial charge is 0.357 e. The molecule has 0 saturated carbocycles. The minimum Gasteiger partial charge on any atom is -0.357 e. The van der Waals surface area contributed by atoms with Crippen molar-refractivity contribution in [3.63, 3.8) is 0 Å². The van der Waals surface area contributed by atoms with Crippen LogP contribution in [0.1, 0.15) is 29.8 Å². The molecule has 0 bridgehead atoms. The molecule has 0 aliphatic rings. The van der Waals surface area contributed by atoms with Crippen molar-refractivity contribution < 1.29 is 9.59 Å². The highest BCUT2D eigenvalue weighted by Gasteiger charge is 2.10. The molecule has 144 valence electrons. The molecule has 0 spiro atoms. The van der Waals surface area contributed by atoms with Crippen molar-refractivity contribution in [1.82, 2.24) is 15.6 Å². The molecule has 6 nitrogen and oxygen atoms in total. The molecule has 8 heteroatoms. The Labute approximate surface area is 168 Å². The minimum absolute atomic E-state index is 0.135. The van der Waals surface area contributed by atoms with Crippen molar-refractivity contribution in [2.75, 3.05) is 24.5 Å². The summed E-state index contributed by atoms with van der Waals surface area (Å²) in [6.07, 6.45) is 1.74. The van der Waals surface area contributed by atoms with E-state index in [4.69, 9.17) is 23.2 Å². The van der Waals surface area contributed by atoms with Crippen LogP contribution in [0.15, 0.2) is 36.5 Å². The van der Waals surface area contributed by atoms with Crippen molar-refractivity contribution in [3.05, 3.63) is 57.7 Å². The molecule has 1 heterocycles. The van der Waals surface area contributed by atoms with E-state index in [1.807, 2.05) is 12.1 Å². The molecule has 0 saturated heterocycles. The van der Waals surface area contributed by atoms with Gasteiger partial charge in [-0.3, -0.25) is 9.59 Å². The number of anilines is 1. The topological polar surface area (TPSA) is 74.3 Å². The van der Waals surface area contributed by atoms with E-state index in [1.54, 1.807) is 12.3 Å². The fourth-order valence-electron chi connectivity index (χ4n) is 2.42. The van der Waals surface area contributed by atoms with Crippen LogP contribution >= 0.6 is 23.2 Å². The average Bonchev–Trinajstić information content (AvgIpc) is 2.68. The zero-order chi connectivity index (χ0) is 19.8. The molecule has 0 unspecified atom stereocenters. The maximum atomic E-state index is 12.0.